The van der Waals surface area contributed by atoms with Gasteiger partial charge in [0.2, 0.25) is 11.6 Å². The first-order valence-electron chi connectivity index (χ1n) is 9.50. The molecular formula is C20H34O6. The van der Waals surface area contributed by atoms with Crippen LogP contribution in [0.3, 0.4) is 0 Å². The first kappa shape index (κ1) is 24.3. The number of Topliss-reactive ketones (excluding diaryl/α,β-unsaturated/α-hetero) is 2. The zero-order valence-corrected chi connectivity index (χ0v) is 17.1. The van der Waals surface area contributed by atoms with Crippen molar-refractivity contribution in [1.29, 1.82) is 0 Å². The van der Waals surface area contributed by atoms with E-state index in [0.29, 0.717) is 12.8 Å². The summed E-state index contributed by atoms with van der Waals surface area (Å²) in [7, 11) is 0. The maximum Gasteiger partial charge on any atom is 0.374 e. The van der Waals surface area contributed by atoms with Crippen molar-refractivity contribution in [3.63, 3.8) is 0 Å². The lowest BCUT2D eigenvalue weighted by atomic mass is 9.67. The molecule has 0 radical (unpaired) electrons. The summed E-state index contributed by atoms with van der Waals surface area (Å²) in [5.41, 5.74) is -0.653. The number of hydrogen-bond acceptors (Lipinski definition) is 6. The topological polar surface area (TPSA) is 86.7 Å². The van der Waals surface area contributed by atoms with E-state index in [9.17, 15) is 19.2 Å². The first-order chi connectivity index (χ1) is 12.1. The monoisotopic (exact) mass is 370 g/mol. The third-order valence-electron chi connectivity index (χ3n) is 4.98. The summed E-state index contributed by atoms with van der Waals surface area (Å²) in [6, 6.07) is 0. The Balaban J connectivity index is 5.18. The van der Waals surface area contributed by atoms with Crippen molar-refractivity contribution >= 4 is 23.5 Å². The normalized spacial score (nSPS) is 12.6. The highest BCUT2D eigenvalue weighted by Crippen LogP contribution is 2.38. The molecule has 0 spiro atoms. The van der Waals surface area contributed by atoms with Gasteiger partial charge in [-0.25, -0.2) is 9.59 Å². The van der Waals surface area contributed by atoms with E-state index in [0.717, 1.165) is 12.8 Å². The SMILES string of the molecule is CCCCOC(=O)C(=O)CC(C(=O)C(=O)OCCCC)C(C)(C)C(C)C. The second-order valence-corrected chi connectivity index (χ2v) is 7.50. The molecule has 0 aliphatic carbocycles. The van der Waals surface area contributed by atoms with Crippen LogP contribution in [0.2, 0.25) is 0 Å². The lowest BCUT2D eigenvalue weighted by Gasteiger charge is -2.36. The molecule has 0 fully saturated rings. The van der Waals surface area contributed by atoms with Gasteiger partial charge in [0, 0.05) is 12.3 Å². The number of hydrogen-bond donors (Lipinski definition) is 0. The van der Waals surface area contributed by atoms with Crippen molar-refractivity contribution in [3.8, 4) is 0 Å². The van der Waals surface area contributed by atoms with E-state index in [2.05, 4.69) is 0 Å². The van der Waals surface area contributed by atoms with Crippen molar-refractivity contribution in [2.45, 2.75) is 73.6 Å². The molecule has 0 aromatic rings. The largest absolute Gasteiger partial charge is 0.460 e. The van der Waals surface area contributed by atoms with E-state index in [-0.39, 0.29) is 25.6 Å². The van der Waals surface area contributed by atoms with Gasteiger partial charge in [-0.3, -0.25) is 9.59 Å². The van der Waals surface area contributed by atoms with E-state index in [1.807, 2.05) is 41.5 Å². The summed E-state index contributed by atoms with van der Waals surface area (Å²) in [4.78, 5) is 48.8. The molecule has 0 heterocycles. The fourth-order valence-corrected chi connectivity index (χ4v) is 2.28. The highest BCUT2D eigenvalue weighted by molar-refractivity contribution is 6.38. The predicted octanol–water partition coefficient (Wildman–Crippen LogP) is 3.50. The van der Waals surface area contributed by atoms with Gasteiger partial charge in [0.25, 0.3) is 0 Å². The van der Waals surface area contributed by atoms with Crippen LogP contribution < -0.4 is 0 Å². The Kier molecular flexibility index (Phi) is 11.0. The van der Waals surface area contributed by atoms with Crippen LogP contribution in [0.5, 0.6) is 0 Å². The molecule has 0 aliphatic heterocycles. The third kappa shape index (κ3) is 7.67. The maximum atomic E-state index is 12.6. The highest BCUT2D eigenvalue weighted by Gasteiger charge is 2.43. The van der Waals surface area contributed by atoms with Crippen molar-refractivity contribution < 1.29 is 28.7 Å². The van der Waals surface area contributed by atoms with Crippen LogP contribution in [0, 0.1) is 17.3 Å². The molecule has 1 unspecified atom stereocenters. The zero-order valence-electron chi connectivity index (χ0n) is 17.1. The van der Waals surface area contributed by atoms with Gasteiger partial charge in [-0.2, -0.15) is 0 Å². The maximum absolute atomic E-state index is 12.6. The minimum atomic E-state index is -0.949. The minimum Gasteiger partial charge on any atom is -0.460 e. The van der Waals surface area contributed by atoms with E-state index in [1.54, 1.807) is 0 Å². The fourth-order valence-electron chi connectivity index (χ4n) is 2.28. The van der Waals surface area contributed by atoms with Gasteiger partial charge in [0.15, 0.2) is 0 Å². The van der Waals surface area contributed by atoms with Crippen LogP contribution in [0.25, 0.3) is 0 Å². The summed E-state index contributed by atoms with van der Waals surface area (Å²) in [5, 5.41) is 0. The average molecular weight is 370 g/mol. The number of unbranched alkanes of at least 4 members (excludes halogenated alkanes) is 2. The third-order valence-corrected chi connectivity index (χ3v) is 4.98. The fraction of sp³-hybridized carbons (Fsp3) is 0.800. The lowest BCUT2D eigenvalue weighted by molar-refractivity contribution is -0.160. The van der Waals surface area contributed by atoms with Crippen LogP contribution in [0.15, 0.2) is 0 Å². The van der Waals surface area contributed by atoms with Gasteiger partial charge in [0.05, 0.1) is 13.2 Å². The summed E-state index contributed by atoms with van der Waals surface area (Å²) in [6.45, 7) is 11.7. The van der Waals surface area contributed by atoms with Gasteiger partial charge < -0.3 is 9.47 Å². The number of rotatable bonds is 13. The highest BCUT2D eigenvalue weighted by atomic mass is 16.5. The first-order valence-corrected chi connectivity index (χ1v) is 9.50. The second-order valence-electron chi connectivity index (χ2n) is 7.50. The number of ketones is 2. The molecule has 1 atom stereocenters. The van der Waals surface area contributed by atoms with Crippen molar-refractivity contribution in [1.82, 2.24) is 0 Å². The van der Waals surface area contributed by atoms with E-state index >= 15 is 0 Å². The molecule has 0 rings (SSSR count). The smallest absolute Gasteiger partial charge is 0.374 e. The number of carbonyl (C=O) groups is 4. The number of ether oxygens (including phenoxy) is 2. The van der Waals surface area contributed by atoms with Crippen LogP contribution >= 0.6 is 0 Å². The lowest BCUT2D eigenvalue weighted by Crippen LogP contribution is -2.41. The molecule has 0 saturated carbocycles. The van der Waals surface area contributed by atoms with Crippen LogP contribution in [-0.2, 0) is 28.7 Å². The molecule has 6 nitrogen and oxygen atoms in total. The zero-order chi connectivity index (χ0) is 20.3. The van der Waals surface area contributed by atoms with Crippen molar-refractivity contribution in [3.05, 3.63) is 0 Å². The summed E-state index contributed by atoms with van der Waals surface area (Å²) < 4.78 is 9.93. The Bertz CT molecular complexity index is 493. The Morgan fingerprint density at radius 1 is 0.846 bits per heavy atom. The Hall–Kier alpha value is -1.72. The molecule has 150 valence electrons. The van der Waals surface area contributed by atoms with E-state index < -0.39 is 34.8 Å². The minimum absolute atomic E-state index is 0.0174. The van der Waals surface area contributed by atoms with Crippen LogP contribution in [0.1, 0.15) is 73.6 Å². The summed E-state index contributed by atoms with van der Waals surface area (Å²) in [5.74, 6) is -4.34. The van der Waals surface area contributed by atoms with E-state index in [1.165, 1.54) is 0 Å². The molecule has 6 heteroatoms. The number of carbonyl (C=O) groups excluding carboxylic acids is 4. The molecule has 0 aromatic carbocycles. The molecule has 0 aromatic heterocycles. The number of esters is 2. The standard InChI is InChI=1S/C20H34O6/c1-7-9-11-25-18(23)16(21)13-15(20(5,6)14(3)4)17(22)19(24)26-12-10-8-2/h14-15H,7-13H2,1-6H3. The molecule has 0 saturated heterocycles. The van der Waals surface area contributed by atoms with Crippen molar-refractivity contribution in [2.24, 2.45) is 17.3 Å². The quantitative estimate of drug-likeness (QED) is 0.280. The Morgan fingerprint density at radius 2 is 1.31 bits per heavy atom. The molecular weight excluding hydrogens is 336 g/mol. The van der Waals surface area contributed by atoms with Crippen LogP contribution in [-0.4, -0.2) is 36.7 Å². The molecule has 0 aliphatic rings. The molecule has 26 heavy (non-hydrogen) atoms. The van der Waals surface area contributed by atoms with E-state index in [4.69, 9.17) is 9.47 Å². The Morgan fingerprint density at radius 3 is 1.73 bits per heavy atom. The average Bonchev–Trinajstić information content (AvgIpc) is 2.58. The second kappa shape index (κ2) is 11.8. The Labute approximate surface area is 157 Å². The van der Waals surface area contributed by atoms with Gasteiger partial charge in [-0.05, 0) is 24.2 Å². The van der Waals surface area contributed by atoms with Crippen LogP contribution in [0.4, 0.5) is 0 Å². The summed E-state index contributed by atoms with van der Waals surface area (Å²) in [6.07, 6.45) is 2.66. The van der Waals surface area contributed by atoms with Gasteiger partial charge >= 0.3 is 11.9 Å². The van der Waals surface area contributed by atoms with Gasteiger partial charge in [-0.15, -0.1) is 0 Å². The van der Waals surface area contributed by atoms with Gasteiger partial charge in [-0.1, -0.05) is 54.4 Å². The van der Waals surface area contributed by atoms with Gasteiger partial charge in [0.1, 0.15) is 0 Å². The molecule has 0 N–H and O–H groups in total. The molecule has 0 amide bonds. The predicted molar refractivity (Wildman–Crippen MR) is 98.5 cm³/mol. The molecule has 0 bridgehead atoms. The summed E-state index contributed by atoms with van der Waals surface area (Å²) >= 11 is 0. The van der Waals surface area contributed by atoms with Crippen molar-refractivity contribution in [2.75, 3.05) is 13.2 Å².